The molecule has 1 aliphatic rings. The summed E-state index contributed by atoms with van der Waals surface area (Å²) in [4.78, 5) is 10.4. The Morgan fingerprint density at radius 3 is 2.54 bits per heavy atom. The molecule has 4 aromatic rings. The van der Waals surface area contributed by atoms with Gasteiger partial charge in [0.05, 0.1) is 15.5 Å². The van der Waals surface area contributed by atoms with Gasteiger partial charge in [0, 0.05) is 40.3 Å². The van der Waals surface area contributed by atoms with Crippen molar-refractivity contribution >= 4 is 43.1 Å². The molecule has 0 bridgehead atoms. The number of fused-ring (bicyclic) bond motifs is 5. The smallest absolute Gasteiger partial charge is 0.270 e. The number of non-ortho nitro benzene ring substituents is 1. The second-order valence-corrected chi connectivity index (χ2v) is 11.7. The molecular formula is C27H28N2O5S. The van der Waals surface area contributed by atoms with Crippen LogP contribution in [0.2, 0.25) is 0 Å². The van der Waals surface area contributed by atoms with Gasteiger partial charge in [-0.05, 0) is 36.3 Å². The van der Waals surface area contributed by atoms with E-state index in [0.717, 1.165) is 59.4 Å². The molecule has 1 N–H and O–H groups in total. The largest absolute Gasteiger partial charge is 0.460 e. The molecule has 182 valence electrons. The molecule has 0 amide bonds. The Kier molecular flexibility index (Phi) is 5.59. The highest BCUT2D eigenvalue weighted by molar-refractivity contribution is 7.92. The van der Waals surface area contributed by atoms with Crippen LogP contribution in [0, 0.1) is 21.4 Å². The maximum Gasteiger partial charge on any atom is 0.270 e. The summed E-state index contributed by atoms with van der Waals surface area (Å²) in [5.74, 6) is 1.49. The van der Waals surface area contributed by atoms with Crippen molar-refractivity contribution in [3.63, 3.8) is 0 Å². The van der Waals surface area contributed by atoms with Crippen molar-refractivity contribution in [3.8, 4) is 0 Å². The summed E-state index contributed by atoms with van der Waals surface area (Å²) in [6.45, 7) is 6.83. The van der Waals surface area contributed by atoms with Gasteiger partial charge in [0.2, 0.25) is 0 Å². The number of anilines is 1. The Hall–Kier alpha value is -3.39. The zero-order chi connectivity index (χ0) is 25.0. The van der Waals surface area contributed by atoms with E-state index < -0.39 is 14.9 Å². The fourth-order valence-corrected chi connectivity index (χ4v) is 6.22. The molecular weight excluding hydrogens is 464 g/mol. The highest BCUT2D eigenvalue weighted by Crippen LogP contribution is 2.45. The Labute approximate surface area is 204 Å². The SMILES string of the molecule is CCC(C)(C)[C@H]1CCc2oc3c(cc(NS(=O)(=O)c4cccc([N+](=O)[O-])c4)c4ccccc43)c2C1. The van der Waals surface area contributed by atoms with E-state index in [2.05, 4.69) is 25.5 Å². The monoisotopic (exact) mass is 492 g/mol. The van der Waals surface area contributed by atoms with Crippen LogP contribution in [0.15, 0.2) is 63.9 Å². The Bertz CT molecular complexity index is 1570. The Morgan fingerprint density at radius 2 is 1.83 bits per heavy atom. The second kappa shape index (κ2) is 8.37. The van der Waals surface area contributed by atoms with Crippen LogP contribution in [-0.2, 0) is 22.9 Å². The lowest BCUT2D eigenvalue weighted by atomic mass is 9.69. The van der Waals surface area contributed by atoms with Crippen LogP contribution >= 0.6 is 0 Å². The van der Waals surface area contributed by atoms with Gasteiger partial charge in [0.15, 0.2) is 0 Å². The quantitative estimate of drug-likeness (QED) is 0.235. The molecule has 1 atom stereocenters. The van der Waals surface area contributed by atoms with Crippen LogP contribution < -0.4 is 4.72 Å². The van der Waals surface area contributed by atoms with E-state index in [4.69, 9.17) is 4.42 Å². The minimum atomic E-state index is -4.06. The molecule has 8 heteroatoms. The van der Waals surface area contributed by atoms with Crippen molar-refractivity contribution in [2.45, 2.75) is 51.3 Å². The highest BCUT2D eigenvalue weighted by atomic mass is 32.2. The number of rotatable bonds is 6. The predicted octanol–water partition coefficient (Wildman–Crippen LogP) is 6.84. The third-order valence-electron chi connectivity index (χ3n) is 7.65. The number of hydrogen-bond donors (Lipinski definition) is 1. The normalized spacial score (nSPS) is 16.4. The minimum Gasteiger partial charge on any atom is -0.460 e. The summed E-state index contributed by atoms with van der Waals surface area (Å²) in [6, 6.07) is 14.5. The lowest BCUT2D eigenvalue weighted by Gasteiger charge is -2.36. The first-order valence-electron chi connectivity index (χ1n) is 11.8. The molecule has 1 heterocycles. The molecule has 1 aromatic heterocycles. The summed E-state index contributed by atoms with van der Waals surface area (Å²) >= 11 is 0. The fourth-order valence-electron chi connectivity index (χ4n) is 5.11. The molecule has 0 spiro atoms. The Morgan fingerprint density at radius 1 is 1.09 bits per heavy atom. The van der Waals surface area contributed by atoms with Crippen molar-refractivity contribution in [2.24, 2.45) is 11.3 Å². The molecule has 35 heavy (non-hydrogen) atoms. The third kappa shape index (κ3) is 4.05. The van der Waals surface area contributed by atoms with E-state index in [9.17, 15) is 18.5 Å². The van der Waals surface area contributed by atoms with Crippen molar-refractivity contribution in [1.29, 1.82) is 0 Å². The van der Waals surface area contributed by atoms with Crippen LogP contribution in [0.1, 0.15) is 44.9 Å². The van der Waals surface area contributed by atoms with E-state index >= 15 is 0 Å². The second-order valence-electron chi connectivity index (χ2n) is 9.99. The molecule has 7 nitrogen and oxygen atoms in total. The van der Waals surface area contributed by atoms with Gasteiger partial charge in [-0.1, -0.05) is 57.5 Å². The molecule has 0 unspecified atom stereocenters. The van der Waals surface area contributed by atoms with Crippen LogP contribution in [0.4, 0.5) is 11.4 Å². The van der Waals surface area contributed by atoms with Crippen molar-refractivity contribution in [3.05, 3.63) is 76.0 Å². The van der Waals surface area contributed by atoms with Gasteiger partial charge in [0.1, 0.15) is 11.3 Å². The van der Waals surface area contributed by atoms with E-state index in [1.807, 2.05) is 30.3 Å². The minimum absolute atomic E-state index is 0.158. The summed E-state index contributed by atoms with van der Waals surface area (Å²) in [6.07, 6.45) is 3.90. The first-order chi connectivity index (χ1) is 16.6. The van der Waals surface area contributed by atoms with Gasteiger partial charge < -0.3 is 4.42 Å². The van der Waals surface area contributed by atoms with Crippen molar-refractivity contribution in [1.82, 2.24) is 0 Å². The van der Waals surface area contributed by atoms with Crippen LogP contribution in [-0.4, -0.2) is 13.3 Å². The number of hydrogen-bond acceptors (Lipinski definition) is 5. The topological polar surface area (TPSA) is 102 Å². The lowest BCUT2D eigenvalue weighted by Crippen LogP contribution is -2.28. The lowest BCUT2D eigenvalue weighted by molar-refractivity contribution is -0.385. The maximum atomic E-state index is 13.2. The predicted molar refractivity (Wildman–Crippen MR) is 137 cm³/mol. The van der Waals surface area contributed by atoms with Gasteiger partial charge in [-0.2, -0.15) is 0 Å². The number of benzene rings is 3. The number of nitrogens with zero attached hydrogens (tertiary/aromatic N) is 1. The summed E-state index contributed by atoms with van der Waals surface area (Å²) in [5, 5.41) is 13.6. The maximum absolute atomic E-state index is 13.2. The molecule has 0 fully saturated rings. The van der Waals surface area contributed by atoms with Gasteiger partial charge in [-0.3, -0.25) is 14.8 Å². The zero-order valence-corrected chi connectivity index (χ0v) is 20.8. The van der Waals surface area contributed by atoms with Crippen LogP contribution in [0.25, 0.3) is 21.7 Å². The highest BCUT2D eigenvalue weighted by Gasteiger charge is 2.34. The van der Waals surface area contributed by atoms with Crippen LogP contribution in [0.3, 0.4) is 0 Å². The zero-order valence-electron chi connectivity index (χ0n) is 20.0. The van der Waals surface area contributed by atoms with E-state index in [0.29, 0.717) is 17.0 Å². The van der Waals surface area contributed by atoms with E-state index in [-0.39, 0.29) is 16.0 Å². The molecule has 0 aliphatic heterocycles. The van der Waals surface area contributed by atoms with Gasteiger partial charge >= 0.3 is 0 Å². The van der Waals surface area contributed by atoms with Gasteiger partial charge in [0.25, 0.3) is 15.7 Å². The molecule has 0 saturated heterocycles. The standard InChI is InChI=1S/C27H28N2O5S/c1-4-27(2,3)17-12-13-25-22(14-17)23-16-24(20-10-5-6-11-21(20)26(23)34-25)28-35(32,33)19-9-7-8-18(15-19)29(30)31/h5-11,15-17,28H,4,12-14H2,1-3H3/t17-/m0/s1. The number of nitro benzene ring substituents is 1. The Balaban J connectivity index is 1.64. The summed E-state index contributed by atoms with van der Waals surface area (Å²) < 4.78 is 35.5. The third-order valence-corrected chi connectivity index (χ3v) is 9.02. The van der Waals surface area contributed by atoms with E-state index in [1.165, 1.54) is 18.2 Å². The summed E-state index contributed by atoms with van der Waals surface area (Å²) in [7, 11) is -4.06. The first kappa shape index (κ1) is 23.4. The number of nitro groups is 1. The van der Waals surface area contributed by atoms with Crippen molar-refractivity contribution < 1.29 is 17.8 Å². The molecule has 0 radical (unpaired) electrons. The molecule has 5 rings (SSSR count). The number of aryl methyl sites for hydroxylation is 1. The van der Waals surface area contributed by atoms with Gasteiger partial charge in [-0.25, -0.2) is 8.42 Å². The van der Waals surface area contributed by atoms with Gasteiger partial charge in [-0.15, -0.1) is 0 Å². The molecule has 1 aliphatic carbocycles. The average Bonchev–Trinajstić information content (AvgIpc) is 3.22. The first-order valence-corrected chi connectivity index (χ1v) is 13.3. The van der Waals surface area contributed by atoms with Crippen LogP contribution in [0.5, 0.6) is 0 Å². The number of nitrogens with one attached hydrogen (secondary N) is 1. The number of sulfonamides is 1. The summed E-state index contributed by atoms with van der Waals surface area (Å²) in [5.41, 5.74) is 2.28. The van der Waals surface area contributed by atoms with Crippen molar-refractivity contribution in [2.75, 3.05) is 4.72 Å². The molecule has 3 aromatic carbocycles. The molecule has 0 saturated carbocycles. The fraction of sp³-hybridized carbons (Fsp3) is 0.333. The van der Waals surface area contributed by atoms with E-state index in [1.54, 1.807) is 0 Å². The average molecular weight is 493 g/mol. The number of furan rings is 1.